The van der Waals surface area contributed by atoms with Crippen LogP contribution in [-0.2, 0) is 9.53 Å². The number of aromatic nitrogens is 1. The number of H-pyrrole nitrogens is 1. The molecule has 1 heterocycles. The average molecular weight is 371 g/mol. The van der Waals surface area contributed by atoms with Gasteiger partial charge in [-0.05, 0) is 89.5 Å². The van der Waals surface area contributed by atoms with Crippen LogP contribution in [0, 0.1) is 37.0 Å². The lowest BCUT2D eigenvalue weighted by atomic mass is 9.48. The first-order chi connectivity index (χ1) is 12.7. The summed E-state index contributed by atoms with van der Waals surface area (Å²) in [4.78, 5) is 40.7. The molecule has 4 fully saturated rings. The Morgan fingerprint density at radius 3 is 2.00 bits per heavy atom. The number of hydrogen-bond acceptors (Lipinski definition) is 4. The van der Waals surface area contributed by atoms with Gasteiger partial charge in [-0.1, -0.05) is 0 Å². The monoisotopic (exact) mass is 371 g/mol. The van der Waals surface area contributed by atoms with E-state index < -0.39 is 12.1 Å². The molecule has 4 aliphatic carbocycles. The van der Waals surface area contributed by atoms with E-state index in [4.69, 9.17) is 4.74 Å². The number of esters is 1. The lowest BCUT2D eigenvalue weighted by Gasteiger charge is -2.56. The Bertz CT molecular complexity index is 783. The van der Waals surface area contributed by atoms with E-state index in [0.717, 1.165) is 19.3 Å². The van der Waals surface area contributed by atoms with Crippen LogP contribution in [0.1, 0.15) is 84.5 Å². The molecule has 146 valence electrons. The maximum atomic E-state index is 13.3. The van der Waals surface area contributed by atoms with Gasteiger partial charge in [0.25, 0.3) is 0 Å². The average Bonchev–Trinajstić information content (AvgIpc) is 2.87. The van der Waals surface area contributed by atoms with Crippen molar-refractivity contribution >= 4 is 17.5 Å². The SMILES string of the molecule is CC(=O)c1c(C)[nH]c(C(=O)OC(C)C(=O)C23CC4CC(CC(C4)C2)C3)c1C. The van der Waals surface area contributed by atoms with Crippen LogP contribution in [0.2, 0.25) is 0 Å². The third-order valence-corrected chi connectivity index (χ3v) is 7.21. The molecule has 0 aromatic carbocycles. The summed E-state index contributed by atoms with van der Waals surface area (Å²) in [6, 6.07) is 0. The maximum absolute atomic E-state index is 13.3. The number of nitrogens with one attached hydrogen (secondary N) is 1. The van der Waals surface area contributed by atoms with Crippen molar-refractivity contribution in [2.75, 3.05) is 0 Å². The summed E-state index contributed by atoms with van der Waals surface area (Å²) in [6.45, 7) is 6.69. The minimum atomic E-state index is -0.752. The Hall–Kier alpha value is -1.91. The molecule has 27 heavy (non-hydrogen) atoms. The minimum absolute atomic E-state index is 0.0852. The summed E-state index contributed by atoms with van der Waals surface area (Å²) < 4.78 is 5.59. The van der Waals surface area contributed by atoms with E-state index in [1.807, 2.05) is 0 Å². The summed E-state index contributed by atoms with van der Waals surface area (Å²) in [7, 11) is 0. The fourth-order valence-electron chi connectivity index (χ4n) is 6.60. The molecule has 0 amide bonds. The Balaban J connectivity index is 1.50. The van der Waals surface area contributed by atoms with Crippen molar-refractivity contribution in [2.45, 2.75) is 72.3 Å². The van der Waals surface area contributed by atoms with E-state index in [2.05, 4.69) is 4.98 Å². The number of hydrogen-bond donors (Lipinski definition) is 1. The van der Waals surface area contributed by atoms with Crippen LogP contribution < -0.4 is 0 Å². The van der Waals surface area contributed by atoms with Crippen molar-refractivity contribution in [1.82, 2.24) is 4.98 Å². The highest BCUT2D eigenvalue weighted by atomic mass is 16.5. The van der Waals surface area contributed by atoms with Gasteiger partial charge in [-0.3, -0.25) is 9.59 Å². The quantitative estimate of drug-likeness (QED) is 0.623. The molecule has 4 saturated carbocycles. The van der Waals surface area contributed by atoms with E-state index in [9.17, 15) is 14.4 Å². The lowest BCUT2D eigenvalue weighted by molar-refractivity contribution is -0.152. The third kappa shape index (κ3) is 2.95. The molecule has 1 aromatic heterocycles. The largest absolute Gasteiger partial charge is 0.450 e. The molecule has 1 unspecified atom stereocenters. The molecule has 5 nitrogen and oxygen atoms in total. The fraction of sp³-hybridized carbons (Fsp3) is 0.682. The molecule has 4 aliphatic rings. The highest BCUT2D eigenvalue weighted by molar-refractivity contribution is 6.01. The number of aryl methyl sites for hydroxylation is 1. The number of aromatic amines is 1. The first-order valence-electron chi connectivity index (χ1n) is 10.2. The van der Waals surface area contributed by atoms with Gasteiger partial charge in [0.1, 0.15) is 5.69 Å². The van der Waals surface area contributed by atoms with Gasteiger partial charge in [0.2, 0.25) is 0 Å². The fourth-order valence-corrected chi connectivity index (χ4v) is 6.60. The molecule has 5 rings (SSSR count). The number of carbonyl (C=O) groups is 3. The maximum Gasteiger partial charge on any atom is 0.355 e. The number of ketones is 2. The summed E-state index contributed by atoms with van der Waals surface area (Å²) >= 11 is 0. The number of rotatable bonds is 5. The zero-order valence-corrected chi connectivity index (χ0v) is 16.7. The van der Waals surface area contributed by atoms with Crippen LogP contribution in [-0.4, -0.2) is 28.6 Å². The molecular formula is C22H29NO4. The minimum Gasteiger partial charge on any atom is -0.450 e. The van der Waals surface area contributed by atoms with E-state index in [1.165, 1.54) is 26.2 Å². The zero-order valence-electron chi connectivity index (χ0n) is 16.7. The van der Waals surface area contributed by atoms with Gasteiger partial charge in [-0.2, -0.15) is 0 Å². The summed E-state index contributed by atoms with van der Waals surface area (Å²) in [5, 5.41) is 0. The van der Waals surface area contributed by atoms with Crippen LogP contribution in [0.15, 0.2) is 0 Å². The molecule has 1 N–H and O–H groups in total. The van der Waals surface area contributed by atoms with Crippen LogP contribution in [0.5, 0.6) is 0 Å². The molecule has 0 aliphatic heterocycles. The van der Waals surface area contributed by atoms with Crippen LogP contribution in [0.3, 0.4) is 0 Å². The van der Waals surface area contributed by atoms with Gasteiger partial charge < -0.3 is 9.72 Å². The van der Waals surface area contributed by atoms with Crippen LogP contribution in [0.4, 0.5) is 0 Å². The smallest absolute Gasteiger partial charge is 0.355 e. The second-order valence-electron chi connectivity index (χ2n) is 9.29. The van der Waals surface area contributed by atoms with E-state index in [0.29, 0.717) is 34.6 Å². The second-order valence-corrected chi connectivity index (χ2v) is 9.29. The van der Waals surface area contributed by atoms with Crippen molar-refractivity contribution in [3.05, 3.63) is 22.5 Å². The Kier molecular flexibility index (Phi) is 4.32. The number of Topliss-reactive ketones (excluding diaryl/α,β-unsaturated/α-hetero) is 2. The zero-order chi connectivity index (χ0) is 19.5. The van der Waals surface area contributed by atoms with Crippen LogP contribution >= 0.6 is 0 Å². The van der Waals surface area contributed by atoms with Crippen molar-refractivity contribution in [1.29, 1.82) is 0 Å². The topological polar surface area (TPSA) is 76.2 Å². The van der Waals surface area contributed by atoms with Gasteiger partial charge in [0.15, 0.2) is 17.7 Å². The Morgan fingerprint density at radius 2 is 1.56 bits per heavy atom. The predicted molar refractivity (Wildman–Crippen MR) is 101 cm³/mol. The highest BCUT2D eigenvalue weighted by Crippen LogP contribution is 2.60. The molecule has 1 aromatic rings. The van der Waals surface area contributed by atoms with Crippen molar-refractivity contribution in [3.8, 4) is 0 Å². The normalized spacial score (nSPS) is 32.4. The highest BCUT2D eigenvalue weighted by Gasteiger charge is 2.55. The summed E-state index contributed by atoms with van der Waals surface area (Å²) in [5.41, 5.74) is 1.79. The Morgan fingerprint density at radius 1 is 1.04 bits per heavy atom. The number of ether oxygens (including phenoxy) is 1. The summed E-state index contributed by atoms with van der Waals surface area (Å²) in [6.07, 6.45) is 5.97. The predicted octanol–water partition coefficient (Wildman–Crippen LogP) is 4.16. The van der Waals surface area contributed by atoms with Gasteiger partial charge >= 0.3 is 5.97 Å². The first kappa shape index (κ1) is 18.5. The second kappa shape index (κ2) is 6.32. The van der Waals surface area contributed by atoms with Gasteiger partial charge in [0, 0.05) is 16.7 Å². The summed E-state index contributed by atoms with van der Waals surface area (Å²) in [5.74, 6) is 1.49. The molecule has 0 radical (unpaired) electrons. The molecule has 4 bridgehead atoms. The molecule has 0 saturated heterocycles. The van der Waals surface area contributed by atoms with E-state index in [1.54, 1.807) is 20.8 Å². The van der Waals surface area contributed by atoms with E-state index >= 15 is 0 Å². The van der Waals surface area contributed by atoms with Crippen molar-refractivity contribution < 1.29 is 19.1 Å². The van der Waals surface area contributed by atoms with Gasteiger partial charge in [0.05, 0.1) is 0 Å². The standard InChI is InChI=1S/C22H29NO4/c1-11-18(13(3)24)12(2)23-19(11)21(26)27-14(4)20(25)22-8-15-5-16(9-22)7-17(6-15)10-22/h14-17,23H,5-10H2,1-4H3. The molecule has 5 heteroatoms. The van der Waals surface area contributed by atoms with Gasteiger partial charge in [-0.15, -0.1) is 0 Å². The molecule has 1 atom stereocenters. The number of carbonyl (C=O) groups excluding carboxylic acids is 3. The van der Waals surface area contributed by atoms with Crippen molar-refractivity contribution in [3.63, 3.8) is 0 Å². The Labute approximate surface area is 160 Å². The molecule has 0 spiro atoms. The third-order valence-electron chi connectivity index (χ3n) is 7.21. The molecular weight excluding hydrogens is 342 g/mol. The lowest BCUT2D eigenvalue weighted by Crippen LogP contribution is -2.52. The van der Waals surface area contributed by atoms with Gasteiger partial charge in [-0.25, -0.2) is 4.79 Å². The van der Waals surface area contributed by atoms with Crippen molar-refractivity contribution in [2.24, 2.45) is 23.2 Å². The van der Waals surface area contributed by atoms with E-state index in [-0.39, 0.29) is 22.7 Å². The first-order valence-corrected chi connectivity index (χ1v) is 10.2. The van der Waals surface area contributed by atoms with Crippen LogP contribution in [0.25, 0.3) is 0 Å².